The van der Waals surface area contributed by atoms with Gasteiger partial charge in [-0.25, -0.2) is 0 Å². The van der Waals surface area contributed by atoms with Crippen LogP contribution in [0.3, 0.4) is 0 Å². The van der Waals surface area contributed by atoms with Crippen molar-refractivity contribution in [2.45, 2.75) is 46.7 Å². The number of anilines is 2. The lowest BCUT2D eigenvalue weighted by Crippen LogP contribution is -2.29. The summed E-state index contributed by atoms with van der Waals surface area (Å²) in [6.07, 6.45) is 1.82. The molecule has 3 aromatic carbocycles. The minimum Gasteiger partial charge on any atom is -0.484 e. The van der Waals surface area contributed by atoms with Crippen LogP contribution in [0.15, 0.2) is 97.2 Å². The molecule has 228 valence electrons. The number of thiocarbonyl (C=S) groups is 1. The van der Waals surface area contributed by atoms with Crippen molar-refractivity contribution in [3.05, 3.63) is 137 Å². The second-order valence-electron chi connectivity index (χ2n) is 11.6. The molecular formula is C37H37N5O2S. The third-order valence-electron chi connectivity index (χ3n) is 8.29. The Morgan fingerprint density at radius 2 is 1.60 bits per heavy atom. The first kappa shape index (κ1) is 30.1. The van der Waals surface area contributed by atoms with Gasteiger partial charge in [0.1, 0.15) is 5.75 Å². The summed E-state index contributed by atoms with van der Waals surface area (Å²) in [5, 5.41) is 7.12. The zero-order chi connectivity index (χ0) is 31.7. The lowest BCUT2D eigenvalue weighted by atomic mass is 9.96. The van der Waals surface area contributed by atoms with Gasteiger partial charge >= 0.3 is 0 Å². The van der Waals surface area contributed by atoms with Gasteiger partial charge in [-0.05, 0) is 118 Å². The van der Waals surface area contributed by atoms with Gasteiger partial charge in [-0.1, -0.05) is 42.0 Å². The third-order valence-corrected chi connectivity index (χ3v) is 8.60. The number of hydrogen-bond acceptors (Lipinski definition) is 4. The lowest BCUT2D eigenvalue weighted by molar-refractivity contribution is -0.118. The SMILES string of the molecule is Cc1cc(C)c(-n2c(C)cc(C3C(c4ccccn4)NC(=S)N3c3ccc(NC(=O)COc4ccccc4)cc3)c2C)c(C)c1. The van der Waals surface area contributed by atoms with E-state index in [2.05, 4.69) is 72.9 Å². The molecule has 0 saturated carbocycles. The summed E-state index contributed by atoms with van der Waals surface area (Å²) in [6, 6.07) is 29.5. The van der Waals surface area contributed by atoms with Crippen molar-refractivity contribution in [2.24, 2.45) is 0 Å². The van der Waals surface area contributed by atoms with E-state index in [-0.39, 0.29) is 24.6 Å². The third kappa shape index (κ3) is 6.06. The second-order valence-corrected chi connectivity index (χ2v) is 12.0. The molecule has 1 aliphatic rings. The molecule has 2 unspecified atom stereocenters. The zero-order valence-electron chi connectivity index (χ0n) is 26.2. The molecule has 0 radical (unpaired) electrons. The Morgan fingerprint density at radius 3 is 2.27 bits per heavy atom. The predicted octanol–water partition coefficient (Wildman–Crippen LogP) is 7.61. The van der Waals surface area contributed by atoms with Crippen LogP contribution in [0.25, 0.3) is 5.69 Å². The van der Waals surface area contributed by atoms with Crippen LogP contribution in [0.4, 0.5) is 11.4 Å². The number of nitrogens with zero attached hydrogens (tertiary/aromatic N) is 3. The minimum atomic E-state index is -0.229. The average Bonchev–Trinajstić information content (AvgIpc) is 3.52. The highest BCUT2D eigenvalue weighted by Crippen LogP contribution is 2.44. The van der Waals surface area contributed by atoms with Gasteiger partial charge in [0.2, 0.25) is 0 Å². The number of ether oxygens (including phenoxy) is 1. The molecule has 8 heteroatoms. The molecule has 1 fully saturated rings. The molecular weight excluding hydrogens is 579 g/mol. The lowest BCUT2D eigenvalue weighted by Gasteiger charge is -2.28. The van der Waals surface area contributed by atoms with Crippen LogP contribution in [0.1, 0.15) is 51.4 Å². The Kier molecular flexibility index (Phi) is 8.41. The van der Waals surface area contributed by atoms with Crippen molar-refractivity contribution in [1.82, 2.24) is 14.9 Å². The van der Waals surface area contributed by atoms with Crippen LogP contribution in [-0.4, -0.2) is 27.2 Å². The fourth-order valence-corrected chi connectivity index (χ4v) is 6.82. The number of carbonyl (C=O) groups is 1. The van der Waals surface area contributed by atoms with E-state index >= 15 is 0 Å². The number of benzene rings is 3. The molecule has 5 aromatic rings. The Morgan fingerprint density at radius 1 is 0.911 bits per heavy atom. The first-order valence-electron chi connectivity index (χ1n) is 15.1. The van der Waals surface area contributed by atoms with Gasteiger partial charge in [0.15, 0.2) is 11.7 Å². The molecule has 2 N–H and O–H groups in total. The van der Waals surface area contributed by atoms with Crippen molar-refractivity contribution < 1.29 is 9.53 Å². The highest BCUT2D eigenvalue weighted by molar-refractivity contribution is 7.80. The molecule has 6 rings (SSSR count). The number of para-hydroxylation sites is 1. The van der Waals surface area contributed by atoms with Crippen LogP contribution >= 0.6 is 12.2 Å². The summed E-state index contributed by atoms with van der Waals surface area (Å²) in [4.78, 5) is 19.5. The maximum Gasteiger partial charge on any atom is 0.262 e. The summed E-state index contributed by atoms with van der Waals surface area (Å²) >= 11 is 5.99. The zero-order valence-corrected chi connectivity index (χ0v) is 27.0. The van der Waals surface area contributed by atoms with E-state index in [4.69, 9.17) is 21.9 Å². The van der Waals surface area contributed by atoms with Gasteiger partial charge in [0.25, 0.3) is 5.91 Å². The number of amides is 1. The number of aromatic nitrogens is 2. The molecule has 1 saturated heterocycles. The maximum atomic E-state index is 12.6. The maximum absolute atomic E-state index is 12.6. The van der Waals surface area contributed by atoms with Gasteiger partial charge in [0.05, 0.1) is 23.5 Å². The molecule has 0 bridgehead atoms. The highest BCUT2D eigenvalue weighted by Gasteiger charge is 2.42. The van der Waals surface area contributed by atoms with Crippen molar-refractivity contribution in [2.75, 3.05) is 16.8 Å². The summed E-state index contributed by atoms with van der Waals surface area (Å²) in [5.74, 6) is 0.422. The van der Waals surface area contributed by atoms with Crippen molar-refractivity contribution in [3.8, 4) is 11.4 Å². The fraction of sp³-hybridized carbons (Fsp3) is 0.216. The summed E-state index contributed by atoms with van der Waals surface area (Å²) in [7, 11) is 0. The van der Waals surface area contributed by atoms with Crippen LogP contribution < -0.4 is 20.3 Å². The minimum absolute atomic E-state index is 0.0741. The largest absolute Gasteiger partial charge is 0.484 e. The molecule has 45 heavy (non-hydrogen) atoms. The number of pyridine rings is 1. The highest BCUT2D eigenvalue weighted by atomic mass is 32.1. The topological polar surface area (TPSA) is 71.4 Å². The molecule has 2 atom stereocenters. The Labute approximate surface area is 269 Å². The van der Waals surface area contributed by atoms with Gasteiger partial charge < -0.3 is 24.8 Å². The average molecular weight is 616 g/mol. The van der Waals surface area contributed by atoms with E-state index < -0.39 is 0 Å². The second kappa shape index (κ2) is 12.6. The number of rotatable bonds is 8. The van der Waals surface area contributed by atoms with E-state index in [0.717, 1.165) is 22.8 Å². The van der Waals surface area contributed by atoms with E-state index in [1.54, 1.807) is 0 Å². The summed E-state index contributed by atoms with van der Waals surface area (Å²) in [6.45, 7) is 10.8. The van der Waals surface area contributed by atoms with Gasteiger partial charge in [-0.3, -0.25) is 9.78 Å². The van der Waals surface area contributed by atoms with Gasteiger partial charge in [0, 0.05) is 29.0 Å². The normalized spacial score (nSPS) is 16.0. The van der Waals surface area contributed by atoms with Crippen LogP contribution in [0.2, 0.25) is 0 Å². The molecule has 2 aromatic heterocycles. The van der Waals surface area contributed by atoms with E-state index in [9.17, 15) is 4.79 Å². The standard InChI is InChI=1S/C37H37N5O2S/c1-23-19-24(2)35(25(3)20-23)41-26(4)21-31(27(41)5)36-34(32-13-9-10-18-38-32)40-37(45)42(36)29-16-14-28(15-17-29)39-33(43)22-44-30-11-7-6-8-12-30/h6-21,34,36H,22H2,1-5H3,(H,39,43)(H,40,45). The predicted molar refractivity (Wildman–Crippen MR) is 184 cm³/mol. The molecule has 1 amide bonds. The van der Waals surface area contributed by atoms with Crippen LogP contribution in [-0.2, 0) is 4.79 Å². The molecule has 1 aliphatic heterocycles. The number of carbonyl (C=O) groups excluding carboxylic acids is 1. The molecule has 7 nitrogen and oxygen atoms in total. The Hall–Kier alpha value is -4.95. The number of hydrogen-bond donors (Lipinski definition) is 2. The van der Waals surface area contributed by atoms with E-state index in [1.165, 1.54) is 27.9 Å². The smallest absolute Gasteiger partial charge is 0.262 e. The van der Waals surface area contributed by atoms with E-state index in [1.807, 2.05) is 79.0 Å². The first-order valence-corrected chi connectivity index (χ1v) is 15.5. The van der Waals surface area contributed by atoms with Crippen LogP contribution in [0.5, 0.6) is 5.75 Å². The molecule has 0 aliphatic carbocycles. The van der Waals surface area contributed by atoms with E-state index in [0.29, 0.717) is 16.5 Å². The fourth-order valence-electron chi connectivity index (χ4n) is 6.47. The van der Waals surface area contributed by atoms with Crippen molar-refractivity contribution >= 4 is 34.6 Å². The number of aryl methyl sites for hydroxylation is 4. The van der Waals surface area contributed by atoms with Crippen molar-refractivity contribution in [1.29, 1.82) is 0 Å². The van der Waals surface area contributed by atoms with Crippen molar-refractivity contribution in [3.63, 3.8) is 0 Å². The Bertz CT molecular complexity index is 1830. The quantitative estimate of drug-likeness (QED) is 0.175. The van der Waals surface area contributed by atoms with Gasteiger partial charge in [-0.15, -0.1) is 0 Å². The molecule has 0 spiro atoms. The Balaban J connectivity index is 1.33. The van der Waals surface area contributed by atoms with Crippen LogP contribution in [0, 0.1) is 34.6 Å². The summed E-state index contributed by atoms with van der Waals surface area (Å²) < 4.78 is 7.96. The summed E-state index contributed by atoms with van der Waals surface area (Å²) in [5.41, 5.74) is 11.0. The number of nitrogens with one attached hydrogen (secondary N) is 2. The van der Waals surface area contributed by atoms with Gasteiger partial charge in [-0.2, -0.15) is 0 Å². The molecule has 3 heterocycles. The monoisotopic (exact) mass is 615 g/mol. The first-order chi connectivity index (χ1) is 21.7.